The van der Waals surface area contributed by atoms with Crippen molar-refractivity contribution in [3.63, 3.8) is 0 Å². The summed E-state index contributed by atoms with van der Waals surface area (Å²) in [6.07, 6.45) is 1.47. The molecule has 8 nitrogen and oxygen atoms in total. The number of nitrogens with one attached hydrogen (secondary N) is 2. The molecule has 1 aliphatic rings. The number of rotatable bonds is 6. The first-order valence-electron chi connectivity index (χ1n) is 6.55. The molecule has 0 saturated carbocycles. The van der Waals surface area contributed by atoms with Crippen molar-refractivity contribution in [3.8, 4) is 11.5 Å². The molecule has 23 heavy (non-hydrogen) atoms. The van der Waals surface area contributed by atoms with Gasteiger partial charge in [-0.15, -0.1) is 0 Å². The van der Waals surface area contributed by atoms with Gasteiger partial charge in [0.05, 0.1) is 11.1 Å². The molecule has 3 N–H and O–H groups in total. The summed E-state index contributed by atoms with van der Waals surface area (Å²) >= 11 is 3.28. The number of hydrogen-bond acceptors (Lipinski definition) is 5. The number of carbonyl (C=O) groups excluding carboxylic acids is 2. The van der Waals surface area contributed by atoms with Crippen LogP contribution in [0.25, 0.3) is 6.08 Å². The van der Waals surface area contributed by atoms with Crippen LogP contribution in [-0.4, -0.2) is 36.2 Å². The molecule has 0 atom stereocenters. The van der Waals surface area contributed by atoms with E-state index in [0.29, 0.717) is 22.4 Å². The molecule has 1 saturated heterocycles. The number of halogens is 1. The average Bonchev–Trinajstić information content (AvgIpc) is 2.76. The monoisotopic (exact) mass is 384 g/mol. The van der Waals surface area contributed by atoms with Gasteiger partial charge in [-0.1, -0.05) is 0 Å². The summed E-state index contributed by atoms with van der Waals surface area (Å²) in [7, 11) is 0. The van der Waals surface area contributed by atoms with E-state index in [1.807, 2.05) is 0 Å². The first kappa shape index (κ1) is 16.8. The highest BCUT2D eigenvalue weighted by molar-refractivity contribution is 9.10. The Morgan fingerprint density at radius 2 is 2.04 bits per heavy atom. The second kappa shape index (κ2) is 7.14. The minimum absolute atomic E-state index is 0.101. The van der Waals surface area contributed by atoms with E-state index in [4.69, 9.17) is 14.6 Å². The third-order valence-corrected chi connectivity index (χ3v) is 3.29. The van der Waals surface area contributed by atoms with Gasteiger partial charge >= 0.3 is 12.0 Å². The lowest BCUT2D eigenvalue weighted by atomic mass is 10.1. The van der Waals surface area contributed by atoms with Gasteiger partial charge in [0.25, 0.3) is 5.91 Å². The van der Waals surface area contributed by atoms with E-state index >= 15 is 0 Å². The minimum atomic E-state index is -1.11. The normalized spacial score (nSPS) is 15.3. The lowest BCUT2D eigenvalue weighted by molar-refractivity contribution is -0.139. The molecule has 122 valence electrons. The number of carboxylic acids is 1. The largest absolute Gasteiger partial charge is 0.490 e. The molecule has 1 aromatic rings. The van der Waals surface area contributed by atoms with E-state index in [2.05, 4.69) is 26.6 Å². The minimum Gasteiger partial charge on any atom is -0.490 e. The standard InChI is InChI=1S/C14H13BrN2O6/c1-2-22-10-5-7(4-9-13(20)17-14(21)16-9)3-8(15)12(10)23-6-11(18)19/h3-5H,2,6H2,1H3,(H,18,19)(H2,16,17,20,21). The number of ether oxygens (including phenoxy) is 2. The maximum Gasteiger partial charge on any atom is 0.341 e. The van der Waals surface area contributed by atoms with Gasteiger partial charge in [0.1, 0.15) is 5.70 Å². The number of carboxylic acid groups (broad SMARTS) is 1. The molecule has 2 rings (SSSR count). The second-order valence-electron chi connectivity index (χ2n) is 4.41. The number of benzene rings is 1. The zero-order valence-corrected chi connectivity index (χ0v) is 13.6. The van der Waals surface area contributed by atoms with Gasteiger partial charge in [-0.05, 0) is 46.6 Å². The average molecular weight is 385 g/mol. The summed E-state index contributed by atoms with van der Waals surface area (Å²) in [6, 6.07) is 2.60. The van der Waals surface area contributed by atoms with Gasteiger partial charge in [0, 0.05) is 0 Å². The summed E-state index contributed by atoms with van der Waals surface area (Å²) in [5.41, 5.74) is 0.666. The molecule has 9 heteroatoms. The number of carbonyl (C=O) groups is 3. The Kier molecular flexibility index (Phi) is 5.22. The maximum absolute atomic E-state index is 11.5. The zero-order chi connectivity index (χ0) is 17.0. The van der Waals surface area contributed by atoms with Gasteiger partial charge in [-0.2, -0.15) is 0 Å². The van der Waals surface area contributed by atoms with Crippen LogP contribution in [0.5, 0.6) is 11.5 Å². The Bertz CT molecular complexity index is 701. The van der Waals surface area contributed by atoms with Gasteiger partial charge in [0.2, 0.25) is 0 Å². The van der Waals surface area contributed by atoms with E-state index in [9.17, 15) is 14.4 Å². The fourth-order valence-corrected chi connectivity index (χ4v) is 2.43. The Morgan fingerprint density at radius 1 is 1.30 bits per heavy atom. The maximum atomic E-state index is 11.5. The van der Waals surface area contributed by atoms with E-state index < -0.39 is 24.5 Å². The van der Waals surface area contributed by atoms with Crippen molar-refractivity contribution in [2.45, 2.75) is 6.92 Å². The Labute approximate surface area is 139 Å². The highest BCUT2D eigenvalue weighted by Crippen LogP contribution is 2.37. The highest BCUT2D eigenvalue weighted by atomic mass is 79.9. The molecule has 0 spiro atoms. The number of amides is 3. The van der Waals surface area contributed by atoms with Crippen LogP contribution < -0.4 is 20.1 Å². The summed E-state index contributed by atoms with van der Waals surface area (Å²) in [4.78, 5) is 33.3. The van der Waals surface area contributed by atoms with Crippen molar-refractivity contribution in [3.05, 3.63) is 27.9 Å². The summed E-state index contributed by atoms with van der Waals surface area (Å²) in [5, 5.41) is 13.2. The topological polar surface area (TPSA) is 114 Å². The van der Waals surface area contributed by atoms with Crippen LogP contribution in [0.2, 0.25) is 0 Å². The van der Waals surface area contributed by atoms with Gasteiger partial charge in [-0.25, -0.2) is 9.59 Å². The van der Waals surface area contributed by atoms with Crippen LogP contribution in [-0.2, 0) is 9.59 Å². The third kappa shape index (κ3) is 4.22. The van der Waals surface area contributed by atoms with Crippen LogP contribution in [0.3, 0.4) is 0 Å². The molecule has 0 aliphatic carbocycles. The van der Waals surface area contributed by atoms with Crippen molar-refractivity contribution in [2.24, 2.45) is 0 Å². The van der Waals surface area contributed by atoms with Crippen molar-refractivity contribution < 1.29 is 29.0 Å². The quantitative estimate of drug-likeness (QED) is 0.505. The SMILES string of the molecule is CCOc1cc(C=C2NC(=O)NC2=O)cc(Br)c1OCC(=O)O. The highest BCUT2D eigenvalue weighted by Gasteiger charge is 2.23. The van der Waals surface area contributed by atoms with Gasteiger partial charge < -0.3 is 19.9 Å². The molecule has 0 bridgehead atoms. The molecule has 3 amide bonds. The number of urea groups is 1. The van der Waals surface area contributed by atoms with E-state index in [1.165, 1.54) is 6.08 Å². The predicted octanol–water partition coefficient (Wildman–Crippen LogP) is 1.49. The van der Waals surface area contributed by atoms with Crippen LogP contribution in [0, 0.1) is 0 Å². The fraction of sp³-hybridized carbons (Fsp3) is 0.214. The van der Waals surface area contributed by atoms with E-state index in [1.54, 1.807) is 19.1 Å². The number of hydrogen-bond donors (Lipinski definition) is 3. The third-order valence-electron chi connectivity index (χ3n) is 2.70. The molecule has 1 fully saturated rings. The summed E-state index contributed by atoms with van der Waals surface area (Å²) in [5.74, 6) is -1.08. The molecule has 1 heterocycles. The summed E-state index contributed by atoms with van der Waals surface area (Å²) in [6.45, 7) is 1.59. The molecule has 0 radical (unpaired) electrons. The first-order valence-corrected chi connectivity index (χ1v) is 7.35. The van der Waals surface area contributed by atoms with Crippen LogP contribution >= 0.6 is 15.9 Å². The predicted molar refractivity (Wildman–Crippen MR) is 83.1 cm³/mol. The molecular weight excluding hydrogens is 372 g/mol. The Morgan fingerprint density at radius 3 is 2.61 bits per heavy atom. The lowest BCUT2D eigenvalue weighted by Crippen LogP contribution is -2.22. The molecular formula is C14H13BrN2O6. The molecule has 0 aromatic heterocycles. The smallest absolute Gasteiger partial charge is 0.341 e. The van der Waals surface area contributed by atoms with Crippen LogP contribution in [0.4, 0.5) is 4.79 Å². The van der Waals surface area contributed by atoms with Crippen molar-refractivity contribution in [1.82, 2.24) is 10.6 Å². The fourth-order valence-electron chi connectivity index (χ4n) is 1.86. The molecule has 1 aliphatic heterocycles. The van der Waals surface area contributed by atoms with Gasteiger partial charge in [0.15, 0.2) is 18.1 Å². The van der Waals surface area contributed by atoms with Crippen LogP contribution in [0.1, 0.15) is 12.5 Å². The summed E-state index contributed by atoms with van der Waals surface area (Å²) < 4.78 is 11.1. The van der Waals surface area contributed by atoms with Gasteiger partial charge in [-0.3, -0.25) is 10.1 Å². The van der Waals surface area contributed by atoms with Crippen molar-refractivity contribution in [2.75, 3.05) is 13.2 Å². The molecule has 0 unspecified atom stereocenters. The van der Waals surface area contributed by atoms with Crippen molar-refractivity contribution in [1.29, 1.82) is 0 Å². The first-order chi connectivity index (χ1) is 10.9. The Hall–Kier alpha value is -2.55. The van der Waals surface area contributed by atoms with Crippen LogP contribution in [0.15, 0.2) is 22.3 Å². The zero-order valence-electron chi connectivity index (χ0n) is 12.0. The second-order valence-corrected chi connectivity index (χ2v) is 5.27. The lowest BCUT2D eigenvalue weighted by Gasteiger charge is -2.13. The molecule has 1 aromatic carbocycles. The number of imide groups is 1. The Balaban J connectivity index is 2.35. The van der Waals surface area contributed by atoms with E-state index in [0.717, 1.165) is 0 Å². The van der Waals surface area contributed by atoms with E-state index in [-0.39, 0.29) is 11.4 Å². The number of aliphatic carboxylic acids is 1. The van der Waals surface area contributed by atoms with Crippen molar-refractivity contribution >= 4 is 39.9 Å².